The number of esters is 1. The molecule has 4 atom stereocenters. The molecule has 1 fully saturated rings. The van der Waals surface area contributed by atoms with Crippen LogP contribution in [0.15, 0.2) is 12.2 Å². The van der Waals surface area contributed by atoms with Crippen molar-refractivity contribution in [3.63, 3.8) is 0 Å². The van der Waals surface area contributed by atoms with Gasteiger partial charge in [0, 0.05) is 18.9 Å². The molecule has 0 aromatic rings. The highest BCUT2D eigenvalue weighted by atomic mass is 16.6. The standard InChI is InChI=1S/C13H20O7/c1-7(2)3-4-10(15)20-9-6-13(19,12(17)18)5-8(14)11(9)16/h3-4,7-9,11,14,16,19H,5-6H2,1-2H3,(H,17,18)/t8-,9-,11-,13+/m1/s1. The van der Waals surface area contributed by atoms with Gasteiger partial charge in [-0.1, -0.05) is 19.9 Å². The minimum absolute atomic E-state index is 0.125. The molecule has 0 amide bonds. The van der Waals surface area contributed by atoms with Crippen molar-refractivity contribution in [2.45, 2.75) is 50.6 Å². The Morgan fingerprint density at radius 3 is 2.40 bits per heavy atom. The third-order valence-electron chi connectivity index (χ3n) is 3.14. The maximum Gasteiger partial charge on any atom is 0.335 e. The van der Waals surface area contributed by atoms with Crippen molar-refractivity contribution < 1.29 is 34.8 Å². The Kier molecular flexibility index (Phi) is 5.27. The summed E-state index contributed by atoms with van der Waals surface area (Å²) < 4.78 is 4.91. The van der Waals surface area contributed by atoms with Crippen LogP contribution < -0.4 is 0 Å². The topological polar surface area (TPSA) is 124 Å². The summed E-state index contributed by atoms with van der Waals surface area (Å²) in [6.45, 7) is 3.71. The number of aliphatic hydroxyl groups excluding tert-OH is 2. The highest BCUT2D eigenvalue weighted by Crippen LogP contribution is 2.31. The number of carbonyl (C=O) groups excluding carboxylic acids is 1. The quantitative estimate of drug-likeness (QED) is 0.404. The van der Waals surface area contributed by atoms with E-state index in [9.17, 15) is 24.9 Å². The lowest BCUT2D eigenvalue weighted by atomic mass is 9.79. The molecule has 114 valence electrons. The van der Waals surface area contributed by atoms with Gasteiger partial charge in [-0.3, -0.25) is 0 Å². The molecule has 0 saturated heterocycles. The second-order valence-electron chi connectivity index (χ2n) is 5.38. The van der Waals surface area contributed by atoms with Gasteiger partial charge in [0.1, 0.15) is 12.2 Å². The first-order valence-electron chi connectivity index (χ1n) is 6.36. The molecule has 1 aliphatic rings. The number of hydrogen-bond donors (Lipinski definition) is 4. The fourth-order valence-corrected chi connectivity index (χ4v) is 2.00. The third kappa shape index (κ3) is 4.03. The number of carbonyl (C=O) groups is 2. The van der Waals surface area contributed by atoms with Crippen LogP contribution in [0, 0.1) is 5.92 Å². The molecule has 0 aliphatic heterocycles. The molecule has 4 N–H and O–H groups in total. The van der Waals surface area contributed by atoms with E-state index in [1.54, 1.807) is 6.08 Å². The minimum atomic E-state index is -2.22. The Morgan fingerprint density at radius 1 is 1.30 bits per heavy atom. The van der Waals surface area contributed by atoms with Crippen LogP contribution in [0.2, 0.25) is 0 Å². The van der Waals surface area contributed by atoms with Gasteiger partial charge < -0.3 is 25.2 Å². The number of carboxylic acids is 1. The molecule has 1 saturated carbocycles. The van der Waals surface area contributed by atoms with Gasteiger partial charge in [-0.05, 0) is 5.92 Å². The zero-order valence-corrected chi connectivity index (χ0v) is 11.4. The van der Waals surface area contributed by atoms with Crippen molar-refractivity contribution in [1.29, 1.82) is 0 Å². The maximum atomic E-state index is 11.5. The SMILES string of the molecule is CC(C)C=CC(=O)O[C@@H]1C[C@](O)(C(=O)O)C[C@@H](O)[C@H]1O. The summed E-state index contributed by atoms with van der Waals surface area (Å²) in [6, 6.07) is 0. The van der Waals surface area contributed by atoms with E-state index >= 15 is 0 Å². The highest BCUT2D eigenvalue weighted by Gasteiger charge is 2.50. The molecule has 0 radical (unpaired) electrons. The molecule has 0 heterocycles. The Labute approximate surface area is 116 Å². The first kappa shape index (κ1) is 16.6. The Bertz CT molecular complexity index is 404. The van der Waals surface area contributed by atoms with E-state index in [0.29, 0.717) is 0 Å². The lowest BCUT2D eigenvalue weighted by Gasteiger charge is -2.39. The first-order valence-corrected chi connectivity index (χ1v) is 6.36. The number of carboxylic acid groups (broad SMARTS) is 1. The van der Waals surface area contributed by atoms with Gasteiger partial charge in [0.05, 0.1) is 6.10 Å². The van der Waals surface area contributed by atoms with Gasteiger partial charge in [-0.2, -0.15) is 0 Å². The average Bonchev–Trinajstić information content (AvgIpc) is 2.32. The molecule has 1 rings (SSSR count). The van der Waals surface area contributed by atoms with E-state index in [-0.39, 0.29) is 5.92 Å². The predicted octanol–water partition coefficient (Wildman–Crippen LogP) is -0.558. The van der Waals surface area contributed by atoms with Gasteiger partial charge in [0.25, 0.3) is 0 Å². The molecule has 0 spiro atoms. The zero-order chi connectivity index (χ0) is 15.5. The Balaban J connectivity index is 2.77. The smallest absolute Gasteiger partial charge is 0.335 e. The second-order valence-corrected chi connectivity index (χ2v) is 5.38. The molecular weight excluding hydrogens is 268 g/mol. The van der Waals surface area contributed by atoms with E-state index in [2.05, 4.69) is 0 Å². The molecule has 7 heteroatoms. The predicted molar refractivity (Wildman–Crippen MR) is 67.7 cm³/mol. The van der Waals surface area contributed by atoms with Gasteiger partial charge >= 0.3 is 11.9 Å². The van der Waals surface area contributed by atoms with Crippen LogP contribution >= 0.6 is 0 Å². The van der Waals surface area contributed by atoms with Crippen molar-refractivity contribution in [3.05, 3.63) is 12.2 Å². The zero-order valence-electron chi connectivity index (χ0n) is 11.4. The van der Waals surface area contributed by atoms with Crippen LogP contribution in [-0.2, 0) is 14.3 Å². The van der Waals surface area contributed by atoms with E-state index in [0.717, 1.165) is 6.08 Å². The van der Waals surface area contributed by atoms with Crippen LogP contribution in [0.3, 0.4) is 0 Å². The molecule has 0 aromatic heterocycles. The van der Waals surface area contributed by atoms with Gasteiger partial charge in [0.15, 0.2) is 5.60 Å². The third-order valence-corrected chi connectivity index (χ3v) is 3.14. The molecule has 0 aromatic carbocycles. The number of allylic oxidation sites excluding steroid dienone is 1. The maximum absolute atomic E-state index is 11.5. The average molecular weight is 288 g/mol. The van der Waals surface area contributed by atoms with Crippen molar-refractivity contribution in [3.8, 4) is 0 Å². The normalized spacial score (nSPS) is 34.4. The number of aliphatic carboxylic acids is 1. The summed E-state index contributed by atoms with van der Waals surface area (Å²) in [5, 5.41) is 38.1. The first-order chi connectivity index (χ1) is 9.15. The summed E-state index contributed by atoms with van der Waals surface area (Å²) in [6.07, 6.45) is -2.41. The van der Waals surface area contributed by atoms with Crippen LogP contribution in [0.1, 0.15) is 26.7 Å². The van der Waals surface area contributed by atoms with Crippen LogP contribution in [-0.4, -0.2) is 56.3 Å². The molecule has 1 aliphatic carbocycles. The lowest BCUT2D eigenvalue weighted by Crippen LogP contribution is -2.57. The molecule has 7 nitrogen and oxygen atoms in total. The fraction of sp³-hybridized carbons (Fsp3) is 0.692. The highest BCUT2D eigenvalue weighted by molar-refractivity contribution is 5.82. The minimum Gasteiger partial charge on any atom is -0.479 e. The second kappa shape index (κ2) is 6.34. The van der Waals surface area contributed by atoms with E-state index < -0.39 is 48.7 Å². The number of rotatable bonds is 4. The molecule has 0 unspecified atom stereocenters. The summed E-state index contributed by atoms with van der Waals surface area (Å²) in [5.74, 6) is -2.16. The summed E-state index contributed by atoms with van der Waals surface area (Å²) in [4.78, 5) is 22.5. The molecule has 0 bridgehead atoms. The lowest BCUT2D eigenvalue weighted by molar-refractivity contribution is -0.196. The summed E-state index contributed by atoms with van der Waals surface area (Å²) >= 11 is 0. The Morgan fingerprint density at radius 2 is 1.90 bits per heavy atom. The van der Waals surface area contributed by atoms with E-state index in [1.807, 2.05) is 13.8 Å². The van der Waals surface area contributed by atoms with E-state index in [4.69, 9.17) is 9.84 Å². The molecular formula is C13H20O7. The van der Waals surface area contributed by atoms with Crippen molar-refractivity contribution in [2.75, 3.05) is 0 Å². The van der Waals surface area contributed by atoms with Crippen molar-refractivity contribution in [2.24, 2.45) is 5.92 Å². The largest absolute Gasteiger partial charge is 0.479 e. The number of hydrogen-bond acceptors (Lipinski definition) is 6. The van der Waals surface area contributed by atoms with Crippen molar-refractivity contribution in [1.82, 2.24) is 0 Å². The number of ether oxygens (including phenoxy) is 1. The summed E-state index contributed by atoms with van der Waals surface area (Å²) in [7, 11) is 0. The fourth-order valence-electron chi connectivity index (χ4n) is 2.00. The van der Waals surface area contributed by atoms with E-state index in [1.165, 1.54) is 0 Å². The number of aliphatic hydroxyl groups is 3. The van der Waals surface area contributed by atoms with Crippen LogP contribution in [0.4, 0.5) is 0 Å². The molecule has 20 heavy (non-hydrogen) atoms. The van der Waals surface area contributed by atoms with Crippen LogP contribution in [0.25, 0.3) is 0 Å². The monoisotopic (exact) mass is 288 g/mol. The van der Waals surface area contributed by atoms with Crippen molar-refractivity contribution >= 4 is 11.9 Å². The Hall–Kier alpha value is -1.44. The van der Waals surface area contributed by atoms with Gasteiger partial charge in [0.2, 0.25) is 0 Å². The summed E-state index contributed by atoms with van der Waals surface area (Å²) in [5.41, 5.74) is -2.22. The van der Waals surface area contributed by atoms with Crippen LogP contribution in [0.5, 0.6) is 0 Å². The van der Waals surface area contributed by atoms with Gasteiger partial charge in [-0.25, -0.2) is 9.59 Å². The van der Waals surface area contributed by atoms with Gasteiger partial charge in [-0.15, -0.1) is 0 Å².